The summed E-state index contributed by atoms with van der Waals surface area (Å²) in [5.74, 6) is 1.46. The van der Waals surface area contributed by atoms with Crippen molar-refractivity contribution in [2.45, 2.75) is 37.9 Å². The zero-order valence-corrected chi connectivity index (χ0v) is 20.3. The van der Waals surface area contributed by atoms with Gasteiger partial charge in [0, 0.05) is 56.5 Å². The van der Waals surface area contributed by atoms with Crippen molar-refractivity contribution in [3.05, 3.63) is 36.0 Å². The van der Waals surface area contributed by atoms with Gasteiger partial charge in [-0.25, -0.2) is 0 Å². The summed E-state index contributed by atoms with van der Waals surface area (Å²) in [5.41, 5.74) is 0.791. The molecule has 1 aliphatic carbocycles. The van der Waals surface area contributed by atoms with Gasteiger partial charge in [-0.2, -0.15) is 18.3 Å². The number of aromatic nitrogens is 4. The molecular formula is C26H31F3N6O. The Labute approximate surface area is 208 Å². The first kappa shape index (κ1) is 23.7. The van der Waals surface area contributed by atoms with Gasteiger partial charge in [0.05, 0.1) is 17.8 Å². The van der Waals surface area contributed by atoms with Crippen molar-refractivity contribution in [2.24, 2.45) is 24.8 Å². The summed E-state index contributed by atoms with van der Waals surface area (Å²) < 4.78 is 49.4. The lowest BCUT2D eigenvalue weighted by Crippen LogP contribution is -2.33. The second-order valence-corrected chi connectivity index (χ2v) is 10.7. The average Bonchev–Trinajstić information content (AvgIpc) is 3.50. The molecular weight excluding hydrogens is 469 g/mol. The highest BCUT2D eigenvalue weighted by Crippen LogP contribution is 2.42. The largest absolute Gasteiger partial charge is 0.420 e. The van der Waals surface area contributed by atoms with Gasteiger partial charge in [-0.1, -0.05) is 6.07 Å². The number of halogens is 3. The van der Waals surface area contributed by atoms with E-state index >= 15 is 0 Å². The van der Waals surface area contributed by atoms with Gasteiger partial charge in [0.25, 0.3) is 0 Å². The summed E-state index contributed by atoms with van der Waals surface area (Å²) in [6.07, 6.45) is 1.38. The zero-order chi connectivity index (χ0) is 24.9. The minimum atomic E-state index is -4.53. The fraction of sp³-hybridized carbons (Fsp3) is 0.577. The number of rotatable bonds is 5. The van der Waals surface area contributed by atoms with E-state index in [-0.39, 0.29) is 17.6 Å². The number of fused-ring (bicyclic) bond motifs is 2. The lowest BCUT2D eigenvalue weighted by molar-refractivity contribution is -0.137. The Kier molecular flexibility index (Phi) is 6.11. The summed E-state index contributed by atoms with van der Waals surface area (Å²) >= 11 is 0. The predicted octanol–water partition coefficient (Wildman–Crippen LogP) is 4.60. The molecule has 10 heteroatoms. The Morgan fingerprint density at radius 2 is 1.92 bits per heavy atom. The summed E-state index contributed by atoms with van der Waals surface area (Å²) in [5, 5.41) is 16.5. The van der Waals surface area contributed by atoms with Crippen LogP contribution in [0.1, 0.15) is 31.2 Å². The summed E-state index contributed by atoms with van der Waals surface area (Å²) in [4.78, 5) is 2.53. The van der Waals surface area contributed by atoms with Crippen molar-refractivity contribution in [3.63, 3.8) is 0 Å². The van der Waals surface area contributed by atoms with Gasteiger partial charge < -0.3 is 15.0 Å². The first-order valence-corrected chi connectivity index (χ1v) is 12.8. The van der Waals surface area contributed by atoms with Crippen LogP contribution in [0.4, 0.5) is 19.0 Å². The molecule has 0 spiro atoms. The van der Waals surface area contributed by atoms with Crippen LogP contribution >= 0.6 is 0 Å². The molecule has 0 radical (unpaired) electrons. The molecule has 192 valence electrons. The van der Waals surface area contributed by atoms with Crippen molar-refractivity contribution in [3.8, 4) is 11.3 Å². The Balaban J connectivity index is 1.15. The van der Waals surface area contributed by atoms with E-state index in [1.54, 1.807) is 22.9 Å². The molecule has 4 atom stereocenters. The fourth-order valence-electron chi connectivity index (χ4n) is 6.34. The second kappa shape index (κ2) is 9.30. The van der Waals surface area contributed by atoms with E-state index in [0.717, 1.165) is 69.1 Å². The third-order valence-corrected chi connectivity index (χ3v) is 7.95. The third-order valence-electron chi connectivity index (χ3n) is 7.95. The highest BCUT2D eigenvalue weighted by atomic mass is 19.4. The zero-order valence-electron chi connectivity index (χ0n) is 20.3. The maximum Gasteiger partial charge on any atom is 0.420 e. The van der Waals surface area contributed by atoms with Crippen LogP contribution in [0.15, 0.2) is 30.5 Å². The van der Waals surface area contributed by atoms with E-state index in [1.165, 1.54) is 6.42 Å². The van der Waals surface area contributed by atoms with Crippen LogP contribution in [0.25, 0.3) is 22.2 Å². The monoisotopic (exact) mass is 500 g/mol. The average molecular weight is 501 g/mol. The molecule has 2 saturated heterocycles. The SMILES string of the molecule is Cn1cc2cc(-c3cc(C(F)(F)F)c(NC4C[C@@H]5CN(CC6CCCOC6)C[C@@H]5C4)nn3)ccc2n1. The number of anilines is 1. The minimum absolute atomic E-state index is 0.0202. The Bertz CT molecular complexity index is 1220. The molecule has 2 aliphatic heterocycles. The first-order valence-electron chi connectivity index (χ1n) is 12.8. The normalized spacial score (nSPS) is 27.0. The summed E-state index contributed by atoms with van der Waals surface area (Å²) in [6.45, 7) is 4.83. The van der Waals surface area contributed by atoms with E-state index in [4.69, 9.17) is 4.74 Å². The molecule has 1 N–H and O–H groups in total. The Morgan fingerprint density at radius 3 is 2.64 bits per heavy atom. The minimum Gasteiger partial charge on any atom is -0.381 e. The van der Waals surface area contributed by atoms with Crippen LogP contribution in [0.3, 0.4) is 0 Å². The van der Waals surface area contributed by atoms with Crippen LogP contribution in [-0.4, -0.2) is 63.8 Å². The van der Waals surface area contributed by atoms with Crippen LogP contribution < -0.4 is 5.32 Å². The summed E-state index contributed by atoms with van der Waals surface area (Å²) in [7, 11) is 1.81. The van der Waals surface area contributed by atoms with Gasteiger partial charge in [0.15, 0.2) is 5.82 Å². The lowest BCUT2D eigenvalue weighted by Gasteiger charge is -2.28. The Hall–Kier alpha value is -2.72. The van der Waals surface area contributed by atoms with Crippen molar-refractivity contribution < 1.29 is 17.9 Å². The number of hydrogen-bond donors (Lipinski definition) is 1. The molecule has 4 heterocycles. The number of likely N-dealkylation sites (tertiary alicyclic amines) is 1. The highest BCUT2D eigenvalue weighted by Gasteiger charge is 2.43. The van der Waals surface area contributed by atoms with Crippen molar-refractivity contribution in [1.29, 1.82) is 0 Å². The van der Waals surface area contributed by atoms with Crippen molar-refractivity contribution in [1.82, 2.24) is 24.9 Å². The number of benzene rings is 1. The summed E-state index contributed by atoms with van der Waals surface area (Å²) in [6, 6.07) is 6.40. The van der Waals surface area contributed by atoms with Crippen molar-refractivity contribution >= 4 is 16.7 Å². The molecule has 3 fully saturated rings. The smallest absolute Gasteiger partial charge is 0.381 e. The van der Waals surface area contributed by atoms with Gasteiger partial charge >= 0.3 is 6.18 Å². The van der Waals surface area contributed by atoms with E-state index in [1.807, 2.05) is 13.2 Å². The molecule has 2 unspecified atom stereocenters. The number of ether oxygens (including phenoxy) is 1. The van der Waals surface area contributed by atoms with E-state index in [0.29, 0.717) is 23.3 Å². The van der Waals surface area contributed by atoms with E-state index in [9.17, 15) is 13.2 Å². The highest BCUT2D eigenvalue weighted by molar-refractivity contribution is 5.83. The number of alkyl halides is 3. The third kappa shape index (κ3) is 4.80. The maximum absolute atomic E-state index is 14.0. The molecule has 6 rings (SSSR count). The van der Waals surface area contributed by atoms with Crippen LogP contribution in [0, 0.1) is 17.8 Å². The molecule has 1 aromatic carbocycles. The quantitative estimate of drug-likeness (QED) is 0.553. The molecule has 36 heavy (non-hydrogen) atoms. The van der Waals surface area contributed by atoms with Crippen LogP contribution in [-0.2, 0) is 18.0 Å². The molecule has 0 amide bonds. The maximum atomic E-state index is 14.0. The van der Waals surface area contributed by atoms with E-state index < -0.39 is 11.7 Å². The van der Waals surface area contributed by atoms with Gasteiger partial charge in [-0.15, -0.1) is 10.2 Å². The molecule has 0 bridgehead atoms. The van der Waals surface area contributed by atoms with Gasteiger partial charge in [0.1, 0.15) is 5.56 Å². The number of hydrogen-bond acceptors (Lipinski definition) is 6. The van der Waals surface area contributed by atoms with Crippen LogP contribution in [0.5, 0.6) is 0 Å². The topological polar surface area (TPSA) is 68.1 Å². The number of nitrogens with zero attached hydrogens (tertiary/aromatic N) is 5. The lowest BCUT2D eigenvalue weighted by atomic mass is 10.0. The predicted molar refractivity (Wildman–Crippen MR) is 130 cm³/mol. The molecule has 7 nitrogen and oxygen atoms in total. The van der Waals surface area contributed by atoms with Gasteiger partial charge in [-0.3, -0.25) is 4.68 Å². The molecule has 2 aromatic heterocycles. The number of aryl methyl sites for hydroxylation is 1. The van der Waals surface area contributed by atoms with Gasteiger partial charge in [-0.05, 0) is 61.6 Å². The van der Waals surface area contributed by atoms with Crippen LogP contribution in [0.2, 0.25) is 0 Å². The number of nitrogens with one attached hydrogen (secondary N) is 1. The van der Waals surface area contributed by atoms with Crippen molar-refractivity contribution in [2.75, 3.05) is 38.2 Å². The van der Waals surface area contributed by atoms with E-state index in [2.05, 4.69) is 25.5 Å². The molecule has 3 aromatic rings. The molecule has 3 aliphatic rings. The van der Waals surface area contributed by atoms with Gasteiger partial charge in [0.2, 0.25) is 0 Å². The Morgan fingerprint density at radius 1 is 1.11 bits per heavy atom. The molecule has 1 saturated carbocycles. The second-order valence-electron chi connectivity index (χ2n) is 10.7. The standard InChI is InChI=1S/C26H31F3N6O/c1-34-12-20-7-17(4-5-23(20)33-34)24-10-22(26(27,28)29)25(32-31-24)30-21-8-18-13-35(14-19(18)9-21)11-16-3-2-6-36-15-16/h4-5,7,10,12,16,18-19,21H,2-3,6,8-9,11,13-15H2,1H3,(H,30,32)/t16?,18-,19+,21?. The first-order chi connectivity index (χ1) is 17.3. The fourth-order valence-corrected chi connectivity index (χ4v) is 6.34.